The van der Waals surface area contributed by atoms with Crippen LogP contribution in [0.5, 0.6) is 28.7 Å². The van der Waals surface area contributed by atoms with E-state index in [1.807, 2.05) is 50.2 Å². The molecule has 1 unspecified atom stereocenters. The van der Waals surface area contributed by atoms with Crippen LogP contribution in [0, 0.1) is 31.1 Å². The van der Waals surface area contributed by atoms with E-state index < -0.39 is 11.9 Å². The number of hydrogen-bond acceptors (Lipinski definition) is 8. The smallest absolute Gasteiger partial charge is 0.349 e. The van der Waals surface area contributed by atoms with E-state index in [1.165, 1.54) is 0 Å². The van der Waals surface area contributed by atoms with Crippen LogP contribution in [0.1, 0.15) is 48.4 Å². The van der Waals surface area contributed by atoms with Crippen LogP contribution in [0.4, 0.5) is 0 Å². The van der Waals surface area contributed by atoms with Crippen molar-refractivity contribution >= 4 is 5.97 Å². The Labute approximate surface area is 234 Å². The number of aryl methyl sites for hydroxylation is 2. The first-order valence-corrected chi connectivity index (χ1v) is 13.1. The molecule has 0 fully saturated rings. The minimum atomic E-state index is -0.564. The maximum atomic E-state index is 12.5. The molecule has 208 valence electrons. The number of carbonyl (C=O) groups is 1. The van der Waals surface area contributed by atoms with E-state index >= 15 is 0 Å². The highest BCUT2D eigenvalue weighted by molar-refractivity contribution is 5.74. The number of nitrogens with zero attached hydrogens (tertiary/aromatic N) is 1. The number of nitriles is 1. The molecule has 1 heterocycles. The average Bonchev–Trinajstić information content (AvgIpc) is 2.90. The molecule has 8 nitrogen and oxygen atoms in total. The van der Waals surface area contributed by atoms with Gasteiger partial charge in [0.05, 0.1) is 19.6 Å². The minimum Gasteiger partial charge on any atom is -0.493 e. The first kappa shape index (κ1) is 28.4. The number of hydrogen-bond donors (Lipinski definition) is 1. The summed E-state index contributed by atoms with van der Waals surface area (Å²) >= 11 is 0. The van der Waals surface area contributed by atoms with E-state index in [0.29, 0.717) is 41.1 Å². The number of ether oxygens (including phenoxy) is 5. The van der Waals surface area contributed by atoms with Crippen molar-refractivity contribution in [1.82, 2.24) is 0 Å². The lowest BCUT2D eigenvalue weighted by Crippen LogP contribution is -2.22. The number of benzene rings is 3. The van der Waals surface area contributed by atoms with E-state index in [-0.39, 0.29) is 23.8 Å². The molecule has 4 rings (SSSR count). The Morgan fingerprint density at radius 3 is 2.42 bits per heavy atom. The third-order valence-electron chi connectivity index (χ3n) is 6.45. The van der Waals surface area contributed by atoms with Crippen molar-refractivity contribution in [2.24, 2.45) is 11.7 Å². The molecular weight excluding hydrogens is 508 g/mol. The second-order valence-electron chi connectivity index (χ2n) is 10.2. The molecular formula is C32H34N2O6. The predicted octanol–water partition coefficient (Wildman–Crippen LogP) is 5.94. The Morgan fingerprint density at radius 2 is 1.75 bits per heavy atom. The quantitative estimate of drug-likeness (QED) is 0.247. The zero-order valence-electron chi connectivity index (χ0n) is 23.4. The molecule has 3 aromatic carbocycles. The number of esters is 1. The van der Waals surface area contributed by atoms with Gasteiger partial charge in [-0.1, -0.05) is 32.0 Å². The SMILES string of the molecule is COc1cc(C2C(C#N)=C(N)Oc3cc(OC(=O)COc4cc(C)cc(C)c4)ccc32)ccc1OCCC(C)C. The molecule has 1 aliphatic heterocycles. The molecule has 0 bridgehead atoms. The summed E-state index contributed by atoms with van der Waals surface area (Å²) in [7, 11) is 1.58. The highest BCUT2D eigenvalue weighted by Gasteiger charge is 2.32. The molecule has 0 radical (unpaired) electrons. The van der Waals surface area contributed by atoms with E-state index in [2.05, 4.69) is 19.9 Å². The van der Waals surface area contributed by atoms with E-state index in [4.69, 9.17) is 29.4 Å². The first-order chi connectivity index (χ1) is 19.2. The number of nitrogens with two attached hydrogens (primary N) is 1. The van der Waals surface area contributed by atoms with Gasteiger partial charge in [-0.15, -0.1) is 0 Å². The van der Waals surface area contributed by atoms with Crippen LogP contribution in [0.25, 0.3) is 0 Å². The zero-order valence-corrected chi connectivity index (χ0v) is 23.4. The number of fused-ring (bicyclic) bond motifs is 1. The van der Waals surface area contributed by atoms with Crippen molar-refractivity contribution < 1.29 is 28.5 Å². The summed E-state index contributed by atoms with van der Waals surface area (Å²) in [5, 5.41) is 9.92. The lowest BCUT2D eigenvalue weighted by atomic mass is 9.83. The Morgan fingerprint density at radius 1 is 1.00 bits per heavy atom. The van der Waals surface area contributed by atoms with Gasteiger partial charge < -0.3 is 29.4 Å². The van der Waals surface area contributed by atoms with Gasteiger partial charge in [-0.2, -0.15) is 5.26 Å². The standard InChI is InChI=1S/C32H34N2O6/c1-19(2)10-11-37-27-9-6-22(15-29(27)36-5)31-25-8-7-23(16-28(25)40-32(34)26(31)17-33)39-30(35)18-38-24-13-20(3)12-21(4)14-24/h6-9,12-16,19,31H,10-11,18,34H2,1-5H3. The molecule has 1 atom stereocenters. The van der Waals surface area contributed by atoms with Crippen molar-refractivity contribution in [3.05, 3.63) is 88.3 Å². The Balaban J connectivity index is 1.55. The molecule has 0 saturated carbocycles. The summed E-state index contributed by atoms with van der Waals surface area (Å²) < 4.78 is 28.4. The molecule has 0 aliphatic carbocycles. The zero-order chi connectivity index (χ0) is 28.8. The van der Waals surface area contributed by atoms with Gasteiger partial charge in [-0.05, 0) is 73.2 Å². The van der Waals surface area contributed by atoms with E-state index in [0.717, 1.165) is 23.1 Å². The fraction of sp³-hybridized carbons (Fsp3) is 0.312. The Hall–Kier alpha value is -4.64. The van der Waals surface area contributed by atoms with E-state index in [9.17, 15) is 10.1 Å². The summed E-state index contributed by atoms with van der Waals surface area (Å²) in [5.74, 6) is 1.86. The van der Waals surface area contributed by atoms with Crippen molar-refractivity contribution in [2.75, 3.05) is 20.3 Å². The van der Waals surface area contributed by atoms with Gasteiger partial charge in [0.1, 0.15) is 28.9 Å². The van der Waals surface area contributed by atoms with Crippen molar-refractivity contribution in [2.45, 2.75) is 40.0 Å². The van der Waals surface area contributed by atoms with Crippen LogP contribution in [0.15, 0.2) is 66.1 Å². The lowest BCUT2D eigenvalue weighted by molar-refractivity contribution is -0.136. The van der Waals surface area contributed by atoms with Gasteiger partial charge in [0.25, 0.3) is 0 Å². The predicted molar refractivity (Wildman–Crippen MR) is 151 cm³/mol. The molecule has 8 heteroatoms. The van der Waals surface area contributed by atoms with Gasteiger partial charge in [-0.3, -0.25) is 0 Å². The lowest BCUT2D eigenvalue weighted by Gasteiger charge is -2.27. The molecule has 0 spiro atoms. The molecule has 1 aliphatic rings. The molecule has 40 heavy (non-hydrogen) atoms. The molecule has 3 aromatic rings. The summed E-state index contributed by atoms with van der Waals surface area (Å²) in [4.78, 5) is 12.5. The largest absolute Gasteiger partial charge is 0.493 e. The van der Waals surface area contributed by atoms with Gasteiger partial charge in [0.2, 0.25) is 5.88 Å². The maximum absolute atomic E-state index is 12.5. The number of carbonyl (C=O) groups excluding carboxylic acids is 1. The van der Waals surface area contributed by atoms with Gasteiger partial charge >= 0.3 is 5.97 Å². The van der Waals surface area contributed by atoms with E-state index in [1.54, 1.807) is 25.3 Å². The second kappa shape index (κ2) is 12.5. The fourth-order valence-corrected chi connectivity index (χ4v) is 4.55. The summed E-state index contributed by atoms with van der Waals surface area (Å²) in [5.41, 5.74) is 10.0. The summed E-state index contributed by atoms with van der Waals surface area (Å²) in [6.45, 7) is 8.51. The monoisotopic (exact) mass is 542 g/mol. The second-order valence-corrected chi connectivity index (χ2v) is 10.2. The normalized spacial score (nSPS) is 14.2. The topological polar surface area (TPSA) is 113 Å². The van der Waals surface area contributed by atoms with Crippen LogP contribution in [-0.4, -0.2) is 26.3 Å². The van der Waals surface area contributed by atoms with Crippen LogP contribution in [0.3, 0.4) is 0 Å². The van der Waals surface area contributed by atoms with Crippen LogP contribution in [-0.2, 0) is 4.79 Å². The number of rotatable bonds is 10. The number of allylic oxidation sites excluding steroid dienone is 1. The molecule has 0 saturated heterocycles. The third-order valence-corrected chi connectivity index (χ3v) is 6.45. The van der Waals surface area contributed by atoms with Crippen LogP contribution >= 0.6 is 0 Å². The maximum Gasteiger partial charge on any atom is 0.349 e. The Kier molecular flexibility index (Phi) is 8.85. The first-order valence-electron chi connectivity index (χ1n) is 13.1. The fourth-order valence-electron chi connectivity index (χ4n) is 4.55. The number of methoxy groups -OCH3 is 1. The Bertz CT molecular complexity index is 1450. The molecule has 0 aromatic heterocycles. The molecule has 2 N–H and O–H groups in total. The summed E-state index contributed by atoms with van der Waals surface area (Å²) in [6, 6.07) is 18.5. The van der Waals surface area contributed by atoms with Crippen LogP contribution in [0.2, 0.25) is 0 Å². The molecule has 0 amide bonds. The van der Waals surface area contributed by atoms with Gasteiger partial charge in [0, 0.05) is 11.6 Å². The summed E-state index contributed by atoms with van der Waals surface area (Å²) in [6.07, 6.45) is 0.917. The third kappa shape index (κ3) is 6.67. The van der Waals surface area contributed by atoms with Gasteiger partial charge in [-0.25, -0.2) is 4.79 Å². The van der Waals surface area contributed by atoms with Crippen molar-refractivity contribution in [3.8, 4) is 34.8 Å². The van der Waals surface area contributed by atoms with Crippen molar-refractivity contribution in [1.29, 1.82) is 5.26 Å². The van der Waals surface area contributed by atoms with Gasteiger partial charge in [0.15, 0.2) is 18.1 Å². The van der Waals surface area contributed by atoms with Crippen molar-refractivity contribution in [3.63, 3.8) is 0 Å². The highest BCUT2D eigenvalue weighted by atomic mass is 16.6. The minimum absolute atomic E-state index is 0.0159. The highest BCUT2D eigenvalue weighted by Crippen LogP contribution is 2.45. The average molecular weight is 543 g/mol. The van der Waals surface area contributed by atoms with Crippen LogP contribution < -0.4 is 29.4 Å².